The van der Waals surface area contributed by atoms with E-state index in [2.05, 4.69) is 5.32 Å². The number of hydrogen-bond acceptors (Lipinski definition) is 5. The maximum Gasteiger partial charge on any atom is 0.490 e. The largest absolute Gasteiger partial charge is 0.490 e. The molecule has 0 amide bonds. The summed E-state index contributed by atoms with van der Waals surface area (Å²) in [5.41, 5.74) is 5.25. The minimum absolute atomic E-state index is 0.334. The summed E-state index contributed by atoms with van der Waals surface area (Å²) in [5, 5.41) is 26.6. The maximum atomic E-state index is 10.6. The smallest absolute Gasteiger partial charge is 0.480 e. The SMILES string of the molecule is NCCCCC(NCC(=O)O)C(=O)O.O=C(O)C(F)(F)F. The summed E-state index contributed by atoms with van der Waals surface area (Å²) >= 11 is 0. The molecule has 0 heterocycles. The number of carboxylic acids is 3. The minimum atomic E-state index is -5.08. The highest BCUT2D eigenvalue weighted by molar-refractivity contribution is 5.75. The molecule has 0 bridgehead atoms. The number of carboxylic acid groups (broad SMARTS) is 3. The molecule has 0 saturated carbocycles. The van der Waals surface area contributed by atoms with E-state index in [9.17, 15) is 22.8 Å². The summed E-state index contributed by atoms with van der Waals surface area (Å²) < 4.78 is 31.7. The average molecular weight is 318 g/mol. The highest BCUT2D eigenvalue weighted by Gasteiger charge is 2.38. The minimum Gasteiger partial charge on any atom is -0.480 e. The molecule has 1 unspecified atom stereocenters. The molecule has 0 rings (SSSR count). The molecule has 0 radical (unpaired) electrons. The lowest BCUT2D eigenvalue weighted by Gasteiger charge is -2.12. The molecule has 0 aliphatic carbocycles. The van der Waals surface area contributed by atoms with Gasteiger partial charge >= 0.3 is 24.1 Å². The Balaban J connectivity index is 0. The summed E-state index contributed by atoms with van der Waals surface area (Å²) in [6.07, 6.45) is -3.25. The van der Waals surface area contributed by atoms with Crippen LogP contribution in [0.25, 0.3) is 0 Å². The van der Waals surface area contributed by atoms with E-state index in [1.165, 1.54) is 0 Å². The van der Waals surface area contributed by atoms with Crippen molar-refractivity contribution in [2.75, 3.05) is 13.1 Å². The molecule has 0 aliphatic heterocycles. The number of aliphatic carboxylic acids is 3. The fourth-order valence-electron chi connectivity index (χ4n) is 1.02. The molecule has 6 N–H and O–H groups in total. The van der Waals surface area contributed by atoms with Crippen LogP contribution in [0.15, 0.2) is 0 Å². The van der Waals surface area contributed by atoms with Gasteiger partial charge in [0, 0.05) is 0 Å². The van der Waals surface area contributed by atoms with Crippen LogP contribution in [0.5, 0.6) is 0 Å². The number of nitrogens with two attached hydrogens (primary N) is 1. The molecular weight excluding hydrogens is 301 g/mol. The van der Waals surface area contributed by atoms with Crippen molar-refractivity contribution in [3.63, 3.8) is 0 Å². The summed E-state index contributed by atoms with van der Waals surface area (Å²) in [6, 6.07) is -0.794. The van der Waals surface area contributed by atoms with Crippen molar-refractivity contribution in [1.29, 1.82) is 0 Å². The molecule has 0 aliphatic rings. The third kappa shape index (κ3) is 14.3. The Labute approximate surface area is 117 Å². The highest BCUT2D eigenvalue weighted by Crippen LogP contribution is 2.13. The van der Waals surface area contributed by atoms with Gasteiger partial charge in [-0.3, -0.25) is 14.9 Å². The fraction of sp³-hybridized carbons (Fsp3) is 0.700. The Kier molecular flexibility index (Phi) is 11.1. The van der Waals surface area contributed by atoms with E-state index in [1.54, 1.807) is 0 Å². The quantitative estimate of drug-likeness (QED) is 0.389. The van der Waals surface area contributed by atoms with Gasteiger partial charge in [-0.05, 0) is 19.4 Å². The van der Waals surface area contributed by atoms with Gasteiger partial charge in [-0.25, -0.2) is 4.79 Å². The lowest BCUT2D eigenvalue weighted by atomic mass is 10.1. The number of unbranched alkanes of at least 4 members (excludes halogenated alkanes) is 1. The van der Waals surface area contributed by atoms with Crippen LogP contribution in [0, 0.1) is 0 Å². The number of carbonyl (C=O) groups is 3. The van der Waals surface area contributed by atoms with Gasteiger partial charge in [0.2, 0.25) is 0 Å². The Hall–Kier alpha value is -1.88. The first-order valence-corrected chi connectivity index (χ1v) is 5.70. The highest BCUT2D eigenvalue weighted by atomic mass is 19.4. The predicted octanol–water partition coefficient (Wildman–Crippen LogP) is -0.124. The molecule has 0 saturated heterocycles. The second-order valence-corrected chi connectivity index (χ2v) is 3.75. The van der Waals surface area contributed by atoms with Crippen molar-refractivity contribution in [3.05, 3.63) is 0 Å². The van der Waals surface area contributed by atoms with Gasteiger partial charge < -0.3 is 21.1 Å². The van der Waals surface area contributed by atoms with Crippen molar-refractivity contribution >= 4 is 17.9 Å². The topological polar surface area (TPSA) is 150 Å². The van der Waals surface area contributed by atoms with Crippen LogP contribution >= 0.6 is 0 Å². The molecular formula is C10H17F3N2O6. The zero-order valence-electron chi connectivity index (χ0n) is 10.9. The van der Waals surface area contributed by atoms with Crippen LogP contribution in [0.1, 0.15) is 19.3 Å². The van der Waals surface area contributed by atoms with E-state index in [4.69, 9.17) is 25.8 Å². The van der Waals surface area contributed by atoms with Gasteiger partial charge in [0.05, 0.1) is 6.54 Å². The van der Waals surface area contributed by atoms with E-state index in [0.29, 0.717) is 19.4 Å². The van der Waals surface area contributed by atoms with Crippen molar-refractivity contribution in [1.82, 2.24) is 5.32 Å². The molecule has 0 spiro atoms. The standard InChI is InChI=1S/C8H16N2O4.C2HF3O2/c9-4-2-1-3-6(8(13)14)10-5-7(11)12;3-2(4,5)1(6)7/h6,10H,1-5,9H2,(H,11,12)(H,13,14);(H,6,7). The fourth-order valence-corrected chi connectivity index (χ4v) is 1.02. The van der Waals surface area contributed by atoms with Gasteiger partial charge in [0.25, 0.3) is 0 Å². The van der Waals surface area contributed by atoms with Crippen LogP contribution in [0.3, 0.4) is 0 Å². The Morgan fingerprint density at radius 1 is 1.10 bits per heavy atom. The molecule has 0 fully saturated rings. The van der Waals surface area contributed by atoms with E-state index >= 15 is 0 Å². The van der Waals surface area contributed by atoms with Gasteiger partial charge in [-0.1, -0.05) is 6.42 Å². The monoisotopic (exact) mass is 318 g/mol. The lowest BCUT2D eigenvalue weighted by molar-refractivity contribution is -0.192. The zero-order valence-corrected chi connectivity index (χ0v) is 10.9. The summed E-state index contributed by atoms with van der Waals surface area (Å²) in [6.45, 7) is 0.185. The number of alkyl halides is 3. The molecule has 0 aromatic rings. The molecule has 11 heteroatoms. The first kappa shape index (κ1) is 21.4. The normalized spacial score (nSPS) is 12.0. The third-order valence-electron chi connectivity index (χ3n) is 1.99. The first-order chi connectivity index (χ1) is 9.52. The molecule has 21 heavy (non-hydrogen) atoms. The number of nitrogens with one attached hydrogen (secondary N) is 1. The van der Waals surface area contributed by atoms with E-state index < -0.39 is 30.1 Å². The van der Waals surface area contributed by atoms with Crippen molar-refractivity contribution < 1.29 is 42.9 Å². The van der Waals surface area contributed by atoms with Gasteiger partial charge in [0.15, 0.2) is 0 Å². The van der Waals surface area contributed by atoms with Crippen LogP contribution < -0.4 is 11.1 Å². The van der Waals surface area contributed by atoms with E-state index in [-0.39, 0.29) is 6.54 Å². The lowest BCUT2D eigenvalue weighted by Crippen LogP contribution is -2.39. The van der Waals surface area contributed by atoms with Crippen molar-refractivity contribution in [3.8, 4) is 0 Å². The predicted molar refractivity (Wildman–Crippen MR) is 63.7 cm³/mol. The van der Waals surface area contributed by atoms with Crippen molar-refractivity contribution in [2.24, 2.45) is 5.73 Å². The van der Waals surface area contributed by atoms with Gasteiger partial charge in [-0.15, -0.1) is 0 Å². The summed E-state index contributed by atoms with van der Waals surface area (Å²) in [4.78, 5) is 29.7. The molecule has 0 aromatic carbocycles. The molecule has 0 aromatic heterocycles. The van der Waals surface area contributed by atoms with Crippen LogP contribution in [-0.2, 0) is 14.4 Å². The Bertz CT molecular complexity index is 348. The second kappa shape index (κ2) is 10.9. The van der Waals surface area contributed by atoms with Gasteiger partial charge in [-0.2, -0.15) is 13.2 Å². The summed E-state index contributed by atoms with van der Waals surface area (Å²) in [7, 11) is 0. The average Bonchev–Trinajstić information content (AvgIpc) is 2.32. The molecule has 1 atom stereocenters. The van der Waals surface area contributed by atoms with Crippen LogP contribution in [-0.4, -0.2) is 58.5 Å². The Morgan fingerprint density at radius 2 is 1.57 bits per heavy atom. The van der Waals surface area contributed by atoms with E-state index in [1.807, 2.05) is 0 Å². The maximum absolute atomic E-state index is 10.6. The van der Waals surface area contributed by atoms with Crippen LogP contribution in [0.4, 0.5) is 13.2 Å². The van der Waals surface area contributed by atoms with Gasteiger partial charge in [0.1, 0.15) is 6.04 Å². The van der Waals surface area contributed by atoms with E-state index in [0.717, 1.165) is 6.42 Å². The second-order valence-electron chi connectivity index (χ2n) is 3.75. The van der Waals surface area contributed by atoms with Crippen molar-refractivity contribution in [2.45, 2.75) is 31.5 Å². The number of rotatable bonds is 8. The summed E-state index contributed by atoms with van der Waals surface area (Å²) in [5.74, 6) is -4.84. The van der Waals surface area contributed by atoms with Crippen LogP contribution in [0.2, 0.25) is 0 Å². The molecule has 124 valence electrons. The number of hydrogen-bond donors (Lipinski definition) is 5. The first-order valence-electron chi connectivity index (χ1n) is 5.70. The third-order valence-corrected chi connectivity index (χ3v) is 1.99. The zero-order chi connectivity index (χ0) is 17.1. The molecule has 8 nitrogen and oxygen atoms in total. The Morgan fingerprint density at radius 3 is 1.86 bits per heavy atom. The number of halogens is 3.